The van der Waals surface area contributed by atoms with E-state index in [0.29, 0.717) is 0 Å². The molecule has 0 aliphatic heterocycles. The maximum Gasteiger partial charge on any atom is 0.389 e. The molecule has 14 heavy (non-hydrogen) atoms. The molecule has 0 aromatic carbocycles. The van der Waals surface area contributed by atoms with Crippen molar-refractivity contribution in [3.05, 3.63) is 0 Å². The smallest absolute Gasteiger partial charge is 0.389 e. The van der Waals surface area contributed by atoms with Crippen LogP contribution in [0.1, 0.15) is 26.2 Å². The van der Waals surface area contributed by atoms with Gasteiger partial charge in [0.25, 0.3) is 0 Å². The summed E-state index contributed by atoms with van der Waals surface area (Å²) in [6.07, 6.45) is -5.39. The predicted octanol–water partition coefficient (Wildman–Crippen LogP) is 1.78. The monoisotopic (exact) mass is 213 g/mol. The summed E-state index contributed by atoms with van der Waals surface area (Å²) in [5.74, 6) is -1.14. The standard InChI is InChI=1S/C8H14F3NO2/c1-7(12-2,6(13)14)4-3-5-8(9,10)11/h12H,3-5H2,1-2H3,(H,13,14). The van der Waals surface area contributed by atoms with E-state index in [-0.39, 0.29) is 12.8 Å². The van der Waals surface area contributed by atoms with Crippen LogP contribution in [0.4, 0.5) is 13.2 Å². The molecule has 2 N–H and O–H groups in total. The fourth-order valence-electron chi connectivity index (χ4n) is 0.981. The summed E-state index contributed by atoms with van der Waals surface area (Å²) in [4.78, 5) is 10.7. The van der Waals surface area contributed by atoms with E-state index in [1.54, 1.807) is 0 Å². The van der Waals surface area contributed by atoms with Gasteiger partial charge in [0.05, 0.1) is 0 Å². The van der Waals surface area contributed by atoms with Gasteiger partial charge in [0.15, 0.2) is 0 Å². The third-order valence-corrected chi connectivity index (χ3v) is 2.16. The summed E-state index contributed by atoms with van der Waals surface area (Å²) >= 11 is 0. The Bertz CT molecular complexity index is 205. The molecule has 0 bridgehead atoms. The molecule has 0 aromatic heterocycles. The molecule has 3 nitrogen and oxygen atoms in total. The minimum atomic E-state index is -4.22. The first-order chi connectivity index (χ1) is 6.21. The first kappa shape index (κ1) is 13.2. The largest absolute Gasteiger partial charge is 0.480 e. The highest BCUT2D eigenvalue weighted by Gasteiger charge is 2.33. The van der Waals surface area contributed by atoms with Crippen LogP contribution in [0.2, 0.25) is 0 Å². The minimum absolute atomic E-state index is 0.0433. The van der Waals surface area contributed by atoms with Crippen LogP contribution < -0.4 is 5.32 Å². The molecule has 0 rings (SSSR count). The van der Waals surface area contributed by atoms with Crippen molar-refractivity contribution < 1.29 is 23.1 Å². The third-order valence-electron chi connectivity index (χ3n) is 2.16. The van der Waals surface area contributed by atoms with E-state index >= 15 is 0 Å². The number of carboxylic acids is 1. The highest BCUT2D eigenvalue weighted by molar-refractivity contribution is 5.78. The molecule has 0 saturated heterocycles. The van der Waals surface area contributed by atoms with Gasteiger partial charge in [-0.3, -0.25) is 4.79 Å². The molecule has 0 fully saturated rings. The Balaban J connectivity index is 4.04. The van der Waals surface area contributed by atoms with Gasteiger partial charge < -0.3 is 10.4 Å². The second-order valence-electron chi connectivity index (χ2n) is 3.36. The Morgan fingerprint density at radius 2 is 1.86 bits per heavy atom. The van der Waals surface area contributed by atoms with Crippen molar-refractivity contribution in [1.29, 1.82) is 0 Å². The number of aliphatic carboxylic acids is 1. The molecule has 0 spiro atoms. The van der Waals surface area contributed by atoms with Crippen molar-refractivity contribution in [2.45, 2.75) is 37.9 Å². The molecule has 0 aliphatic rings. The first-order valence-electron chi connectivity index (χ1n) is 4.20. The van der Waals surface area contributed by atoms with Crippen LogP contribution >= 0.6 is 0 Å². The highest BCUT2D eigenvalue weighted by atomic mass is 19.4. The maximum absolute atomic E-state index is 11.8. The van der Waals surface area contributed by atoms with E-state index in [1.165, 1.54) is 14.0 Å². The number of nitrogens with one attached hydrogen (secondary N) is 1. The molecule has 1 atom stereocenters. The first-order valence-corrected chi connectivity index (χ1v) is 4.20. The van der Waals surface area contributed by atoms with E-state index in [1.807, 2.05) is 0 Å². The minimum Gasteiger partial charge on any atom is -0.480 e. The molecule has 0 aliphatic carbocycles. The van der Waals surface area contributed by atoms with Crippen molar-refractivity contribution in [3.8, 4) is 0 Å². The van der Waals surface area contributed by atoms with E-state index in [2.05, 4.69) is 5.32 Å². The Kier molecular flexibility index (Phi) is 4.38. The summed E-state index contributed by atoms with van der Waals surface area (Å²) < 4.78 is 35.3. The van der Waals surface area contributed by atoms with Gasteiger partial charge in [0, 0.05) is 6.42 Å². The predicted molar refractivity (Wildman–Crippen MR) is 45.0 cm³/mol. The Morgan fingerprint density at radius 3 is 2.14 bits per heavy atom. The Morgan fingerprint density at radius 1 is 1.36 bits per heavy atom. The molecule has 0 aromatic rings. The van der Waals surface area contributed by atoms with Crippen LogP contribution in [0.25, 0.3) is 0 Å². The number of hydrogen-bond donors (Lipinski definition) is 2. The van der Waals surface area contributed by atoms with Gasteiger partial charge in [-0.25, -0.2) is 0 Å². The molecule has 1 unspecified atom stereocenters. The fraction of sp³-hybridized carbons (Fsp3) is 0.875. The van der Waals surface area contributed by atoms with Gasteiger partial charge in [-0.15, -0.1) is 0 Å². The van der Waals surface area contributed by atoms with Crippen LogP contribution in [0.3, 0.4) is 0 Å². The van der Waals surface area contributed by atoms with Crippen molar-refractivity contribution in [3.63, 3.8) is 0 Å². The van der Waals surface area contributed by atoms with Gasteiger partial charge >= 0.3 is 12.1 Å². The summed E-state index contributed by atoms with van der Waals surface area (Å²) in [7, 11) is 1.42. The third kappa shape index (κ3) is 4.45. The number of likely N-dealkylation sites (N-methyl/N-ethyl adjacent to an activating group) is 1. The Hall–Kier alpha value is -0.780. The lowest BCUT2D eigenvalue weighted by Crippen LogP contribution is -2.47. The van der Waals surface area contributed by atoms with Gasteiger partial charge in [0.1, 0.15) is 5.54 Å². The zero-order valence-electron chi connectivity index (χ0n) is 8.11. The summed E-state index contributed by atoms with van der Waals surface area (Å²) in [6, 6.07) is 0. The molecule has 6 heteroatoms. The number of hydrogen-bond acceptors (Lipinski definition) is 2. The lowest BCUT2D eigenvalue weighted by atomic mass is 9.95. The Labute approximate surface area is 80.3 Å². The zero-order valence-corrected chi connectivity index (χ0v) is 8.11. The van der Waals surface area contributed by atoms with E-state index in [4.69, 9.17) is 5.11 Å². The van der Waals surface area contributed by atoms with E-state index < -0.39 is 24.1 Å². The lowest BCUT2D eigenvalue weighted by molar-refractivity contribution is -0.147. The number of halogens is 3. The topological polar surface area (TPSA) is 49.3 Å². The van der Waals surface area contributed by atoms with Gasteiger partial charge in [0.2, 0.25) is 0 Å². The molecule has 84 valence electrons. The summed E-state index contributed by atoms with van der Waals surface area (Å²) in [5.41, 5.74) is -1.27. The SMILES string of the molecule is CNC(C)(CCCC(F)(F)F)C(=O)O. The molecule has 0 amide bonds. The van der Waals surface area contributed by atoms with Crippen LogP contribution in [0.5, 0.6) is 0 Å². The molecular formula is C8H14F3NO2. The molecule has 0 heterocycles. The van der Waals surface area contributed by atoms with Crippen molar-refractivity contribution >= 4 is 5.97 Å². The number of alkyl halides is 3. The van der Waals surface area contributed by atoms with Crippen molar-refractivity contribution in [1.82, 2.24) is 5.32 Å². The summed E-state index contributed by atoms with van der Waals surface area (Å²) in [5, 5.41) is 11.2. The quantitative estimate of drug-likeness (QED) is 0.731. The second kappa shape index (κ2) is 4.63. The number of carbonyl (C=O) groups is 1. The second-order valence-corrected chi connectivity index (χ2v) is 3.36. The fourth-order valence-corrected chi connectivity index (χ4v) is 0.981. The van der Waals surface area contributed by atoms with Crippen LogP contribution in [-0.4, -0.2) is 29.8 Å². The molecule has 0 saturated carbocycles. The van der Waals surface area contributed by atoms with Crippen LogP contribution in [0.15, 0.2) is 0 Å². The van der Waals surface area contributed by atoms with Crippen molar-refractivity contribution in [2.24, 2.45) is 0 Å². The maximum atomic E-state index is 11.8. The van der Waals surface area contributed by atoms with Crippen molar-refractivity contribution in [2.75, 3.05) is 7.05 Å². The van der Waals surface area contributed by atoms with Gasteiger partial charge in [-0.05, 0) is 26.8 Å². The van der Waals surface area contributed by atoms with Crippen LogP contribution in [0, 0.1) is 0 Å². The van der Waals surface area contributed by atoms with Gasteiger partial charge in [-0.1, -0.05) is 0 Å². The van der Waals surface area contributed by atoms with E-state index in [0.717, 1.165) is 0 Å². The number of carboxylic acid groups (broad SMARTS) is 1. The normalized spacial score (nSPS) is 16.4. The highest BCUT2D eigenvalue weighted by Crippen LogP contribution is 2.24. The average molecular weight is 213 g/mol. The zero-order chi connectivity index (χ0) is 11.4. The molecule has 0 radical (unpaired) electrons. The lowest BCUT2D eigenvalue weighted by Gasteiger charge is -2.24. The van der Waals surface area contributed by atoms with E-state index in [9.17, 15) is 18.0 Å². The summed E-state index contributed by atoms with van der Waals surface area (Å²) in [6.45, 7) is 1.37. The number of rotatable bonds is 5. The van der Waals surface area contributed by atoms with Crippen LogP contribution in [-0.2, 0) is 4.79 Å². The van der Waals surface area contributed by atoms with Gasteiger partial charge in [-0.2, -0.15) is 13.2 Å². The average Bonchev–Trinajstić information content (AvgIpc) is 2.01. The molecular weight excluding hydrogens is 199 g/mol.